The molecule has 1 aromatic heterocycles. The smallest absolute Gasteiger partial charge is 0.248 e. The number of hydrogen-bond donors (Lipinski definition) is 1. The molecule has 0 saturated carbocycles. The number of halogens is 1. The molecule has 3 nitrogen and oxygen atoms in total. The van der Waals surface area contributed by atoms with E-state index in [1.807, 2.05) is 18.2 Å². The van der Waals surface area contributed by atoms with Gasteiger partial charge in [0.2, 0.25) is 5.91 Å². The number of nitrogens with two attached hydrogens (primary N) is 1. The van der Waals surface area contributed by atoms with Crippen molar-refractivity contribution in [1.82, 2.24) is 0 Å². The SMILES string of the molecule is NC(=O)c1cccc(N=Cc2ccc(Br)s2)c1. The molecule has 17 heavy (non-hydrogen) atoms. The third-order valence-corrected chi connectivity index (χ3v) is 3.62. The van der Waals surface area contributed by atoms with E-state index in [9.17, 15) is 4.79 Å². The fourth-order valence-electron chi connectivity index (χ4n) is 1.28. The minimum absolute atomic E-state index is 0.444. The molecule has 2 aromatic rings. The number of nitrogens with zero attached hydrogens (tertiary/aromatic N) is 1. The van der Waals surface area contributed by atoms with Crippen LogP contribution in [0.5, 0.6) is 0 Å². The molecule has 1 heterocycles. The van der Waals surface area contributed by atoms with E-state index in [2.05, 4.69) is 20.9 Å². The predicted molar refractivity (Wildman–Crippen MR) is 74.2 cm³/mol. The average molecular weight is 309 g/mol. The summed E-state index contributed by atoms with van der Waals surface area (Å²) in [6.07, 6.45) is 1.76. The summed E-state index contributed by atoms with van der Waals surface area (Å²) < 4.78 is 1.06. The maximum absolute atomic E-state index is 11.0. The molecule has 0 aliphatic heterocycles. The van der Waals surface area contributed by atoms with Crippen LogP contribution in [0.15, 0.2) is 45.2 Å². The lowest BCUT2D eigenvalue weighted by Gasteiger charge is -1.96. The van der Waals surface area contributed by atoms with Crippen molar-refractivity contribution in [2.24, 2.45) is 10.7 Å². The molecule has 0 aliphatic rings. The van der Waals surface area contributed by atoms with Gasteiger partial charge in [-0.2, -0.15) is 0 Å². The number of carbonyl (C=O) groups excluding carboxylic acids is 1. The van der Waals surface area contributed by atoms with Crippen LogP contribution in [0, 0.1) is 0 Å². The van der Waals surface area contributed by atoms with Crippen molar-refractivity contribution in [3.8, 4) is 0 Å². The van der Waals surface area contributed by atoms with Crippen molar-refractivity contribution >= 4 is 45.1 Å². The van der Waals surface area contributed by atoms with Gasteiger partial charge in [-0.15, -0.1) is 11.3 Å². The monoisotopic (exact) mass is 308 g/mol. The van der Waals surface area contributed by atoms with Crippen molar-refractivity contribution in [2.45, 2.75) is 0 Å². The molecule has 0 bridgehead atoms. The molecular formula is C12H9BrN2OS. The number of rotatable bonds is 3. The number of thiophene rings is 1. The highest BCUT2D eigenvalue weighted by Gasteiger charge is 2.00. The lowest BCUT2D eigenvalue weighted by Crippen LogP contribution is -2.10. The Morgan fingerprint density at radius 1 is 1.35 bits per heavy atom. The Labute approximate surface area is 111 Å². The standard InChI is InChI=1S/C12H9BrN2OS/c13-11-5-4-10(17-11)7-15-9-3-1-2-8(6-9)12(14)16/h1-7H,(H2,14,16). The van der Waals surface area contributed by atoms with Gasteiger partial charge in [0.05, 0.1) is 9.47 Å². The van der Waals surface area contributed by atoms with Crippen LogP contribution in [-0.4, -0.2) is 12.1 Å². The van der Waals surface area contributed by atoms with E-state index in [-0.39, 0.29) is 0 Å². The maximum atomic E-state index is 11.0. The van der Waals surface area contributed by atoms with Gasteiger partial charge in [0.1, 0.15) is 0 Å². The lowest BCUT2D eigenvalue weighted by molar-refractivity contribution is 0.100. The van der Waals surface area contributed by atoms with Gasteiger partial charge >= 0.3 is 0 Å². The molecule has 5 heteroatoms. The third kappa shape index (κ3) is 3.25. The maximum Gasteiger partial charge on any atom is 0.248 e. The van der Waals surface area contributed by atoms with Crippen LogP contribution in [-0.2, 0) is 0 Å². The summed E-state index contributed by atoms with van der Waals surface area (Å²) in [6.45, 7) is 0. The van der Waals surface area contributed by atoms with Crippen molar-refractivity contribution in [3.63, 3.8) is 0 Å². The Morgan fingerprint density at radius 3 is 2.82 bits per heavy atom. The Hall–Kier alpha value is -1.46. The number of aliphatic imine (C=N–C) groups is 1. The first-order valence-corrected chi connectivity index (χ1v) is 6.45. The number of benzene rings is 1. The molecular weight excluding hydrogens is 300 g/mol. The van der Waals surface area contributed by atoms with E-state index < -0.39 is 5.91 Å². The van der Waals surface area contributed by atoms with Gasteiger partial charge in [-0.05, 0) is 46.3 Å². The highest BCUT2D eigenvalue weighted by Crippen LogP contribution is 2.21. The zero-order chi connectivity index (χ0) is 12.3. The van der Waals surface area contributed by atoms with Crippen molar-refractivity contribution in [2.75, 3.05) is 0 Å². The molecule has 0 saturated heterocycles. The molecule has 0 aliphatic carbocycles. The van der Waals surface area contributed by atoms with Crippen LogP contribution in [0.1, 0.15) is 15.2 Å². The summed E-state index contributed by atoms with van der Waals surface area (Å²) in [5.41, 5.74) is 6.38. The molecule has 1 aromatic carbocycles. The van der Waals surface area contributed by atoms with Gasteiger partial charge in [0, 0.05) is 16.7 Å². The third-order valence-electron chi connectivity index (χ3n) is 2.07. The second kappa shape index (κ2) is 5.25. The lowest BCUT2D eigenvalue weighted by atomic mass is 10.2. The van der Waals surface area contributed by atoms with E-state index in [0.29, 0.717) is 11.3 Å². The number of primary amides is 1. The van der Waals surface area contributed by atoms with E-state index in [0.717, 1.165) is 8.66 Å². The summed E-state index contributed by atoms with van der Waals surface area (Å²) in [5, 5.41) is 0. The molecule has 0 atom stereocenters. The zero-order valence-corrected chi connectivity index (χ0v) is 11.2. The minimum atomic E-state index is -0.444. The molecule has 86 valence electrons. The fraction of sp³-hybridized carbons (Fsp3) is 0. The summed E-state index contributed by atoms with van der Waals surface area (Å²) in [6, 6.07) is 10.9. The predicted octanol–water partition coefficient (Wildman–Crippen LogP) is 3.36. The van der Waals surface area contributed by atoms with Crippen LogP contribution in [0.3, 0.4) is 0 Å². The second-order valence-electron chi connectivity index (χ2n) is 3.31. The Balaban J connectivity index is 2.21. The van der Waals surface area contributed by atoms with Crippen LogP contribution in [0.2, 0.25) is 0 Å². The summed E-state index contributed by atoms with van der Waals surface area (Å²) in [7, 11) is 0. The fourth-order valence-corrected chi connectivity index (χ4v) is 2.57. The summed E-state index contributed by atoms with van der Waals surface area (Å²) >= 11 is 4.98. The van der Waals surface area contributed by atoms with Gasteiger partial charge in [0.25, 0.3) is 0 Å². The molecule has 0 spiro atoms. The highest BCUT2D eigenvalue weighted by atomic mass is 79.9. The van der Waals surface area contributed by atoms with Gasteiger partial charge in [0.15, 0.2) is 0 Å². The molecule has 0 unspecified atom stereocenters. The van der Waals surface area contributed by atoms with E-state index in [4.69, 9.17) is 5.73 Å². The Kier molecular flexibility index (Phi) is 3.71. The van der Waals surface area contributed by atoms with Gasteiger partial charge < -0.3 is 5.73 Å². The first-order chi connectivity index (χ1) is 8.15. The molecule has 2 N–H and O–H groups in total. The first kappa shape index (κ1) is 12.0. The zero-order valence-electron chi connectivity index (χ0n) is 8.76. The van der Waals surface area contributed by atoms with Crippen LogP contribution < -0.4 is 5.73 Å². The Bertz CT molecular complexity index is 577. The van der Waals surface area contributed by atoms with Crippen LogP contribution >= 0.6 is 27.3 Å². The average Bonchev–Trinajstić information content (AvgIpc) is 2.73. The van der Waals surface area contributed by atoms with Crippen molar-refractivity contribution < 1.29 is 4.79 Å². The highest BCUT2D eigenvalue weighted by molar-refractivity contribution is 9.11. The first-order valence-electron chi connectivity index (χ1n) is 4.84. The largest absolute Gasteiger partial charge is 0.366 e. The summed E-state index contributed by atoms with van der Waals surface area (Å²) in [5.74, 6) is -0.444. The van der Waals surface area contributed by atoms with Crippen molar-refractivity contribution in [3.05, 3.63) is 50.6 Å². The summed E-state index contributed by atoms with van der Waals surface area (Å²) in [4.78, 5) is 16.3. The van der Waals surface area contributed by atoms with Gasteiger partial charge in [-0.1, -0.05) is 6.07 Å². The van der Waals surface area contributed by atoms with E-state index in [1.54, 1.807) is 35.8 Å². The second-order valence-corrected chi connectivity index (χ2v) is 5.81. The van der Waals surface area contributed by atoms with Gasteiger partial charge in [-0.3, -0.25) is 9.79 Å². The van der Waals surface area contributed by atoms with Crippen molar-refractivity contribution in [1.29, 1.82) is 0 Å². The molecule has 1 amide bonds. The quantitative estimate of drug-likeness (QED) is 0.868. The van der Waals surface area contributed by atoms with Gasteiger partial charge in [-0.25, -0.2) is 0 Å². The molecule has 2 rings (SSSR count). The molecule has 0 radical (unpaired) electrons. The topological polar surface area (TPSA) is 55.5 Å². The van der Waals surface area contributed by atoms with E-state index >= 15 is 0 Å². The number of amides is 1. The normalized spacial score (nSPS) is 10.9. The van der Waals surface area contributed by atoms with E-state index in [1.165, 1.54) is 0 Å². The van der Waals surface area contributed by atoms with Crippen LogP contribution in [0.4, 0.5) is 5.69 Å². The number of hydrogen-bond acceptors (Lipinski definition) is 3. The number of carbonyl (C=O) groups is 1. The Morgan fingerprint density at radius 2 is 2.18 bits per heavy atom. The minimum Gasteiger partial charge on any atom is -0.366 e. The molecule has 0 fully saturated rings. The van der Waals surface area contributed by atoms with Crippen LogP contribution in [0.25, 0.3) is 0 Å².